The fourth-order valence-corrected chi connectivity index (χ4v) is 2.51. The van der Waals surface area contributed by atoms with Crippen molar-refractivity contribution < 1.29 is 9.18 Å². The van der Waals surface area contributed by atoms with E-state index in [9.17, 15) is 14.0 Å². The molecule has 0 fully saturated rings. The van der Waals surface area contributed by atoms with Crippen LogP contribution in [-0.2, 0) is 0 Å². The van der Waals surface area contributed by atoms with Crippen molar-refractivity contribution in [2.45, 2.75) is 6.92 Å². The zero-order valence-corrected chi connectivity index (χ0v) is 13.8. The number of aromatic nitrogens is 1. The highest BCUT2D eigenvalue weighted by Crippen LogP contribution is 2.20. The molecule has 7 heteroatoms. The summed E-state index contributed by atoms with van der Waals surface area (Å²) in [6.45, 7) is 1.62. The number of fused-ring (bicyclic) bond motifs is 1. The molecule has 0 aliphatic carbocycles. The maximum atomic E-state index is 13.8. The summed E-state index contributed by atoms with van der Waals surface area (Å²) in [7, 11) is 0. The van der Waals surface area contributed by atoms with E-state index in [1.54, 1.807) is 37.3 Å². The van der Waals surface area contributed by atoms with Gasteiger partial charge in [-0.1, -0.05) is 0 Å². The predicted octanol–water partition coefficient (Wildman–Crippen LogP) is 4.23. The number of aromatic amines is 1. The Hall–Kier alpha value is -3.61. The monoisotopic (exact) mass is 350 g/mol. The maximum absolute atomic E-state index is 13.8. The Morgan fingerprint density at radius 1 is 1.23 bits per heavy atom. The molecular formula is C19H15FN4O2. The Bertz CT molecular complexity index is 1090. The van der Waals surface area contributed by atoms with Gasteiger partial charge >= 0.3 is 0 Å². The van der Waals surface area contributed by atoms with E-state index in [2.05, 4.69) is 15.4 Å². The number of benzene rings is 2. The van der Waals surface area contributed by atoms with Crippen LogP contribution < -0.4 is 10.9 Å². The summed E-state index contributed by atoms with van der Waals surface area (Å²) < 4.78 is 13.8. The van der Waals surface area contributed by atoms with Crippen LogP contribution in [0.5, 0.6) is 0 Å². The first-order chi connectivity index (χ1) is 12.5. The topological polar surface area (TPSA) is 98.2 Å². The zero-order chi connectivity index (χ0) is 18.7. The van der Waals surface area contributed by atoms with Crippen molar-refractivity contribution in [3.8, 4) is 0 Å². The van der Waals surface area contributed by atoms with Crippen LogP contribution in [0.1, 0.15) is 21.5 Å². The van der Waals surface area contributed by atoms with Crippen molar-refractivity contribution in [3.63, 3.8) is 0 Å². The Morgan fingerprint density at radius 3 is 2.62 bits per heavy atom. The number of rotatable bonds is 5. The van der Waals surface area contributed by atoms with Crippen LogP contribution in [0.2, 0.25) is 0 Å². The van der Waals surface area contributed by atoms with Gasteiger partial charge in [0.2, 0.25) is 0 Å². The highest BCUT2D eigenvalue weighted by atomic mass is 19.1. The minimum absolute atomic E-state index is 0.0913. The van der Waals surface area contributed by atoms with Gasteiger partial charge in [-0.05, 0) is 55.0 Å². The molecule has 1 heterocycles. The molecule has 0 atom stereocenters. The molecule has 26 heavy (non-hydrogen) atoms. The number of carbonyl (C=O) groups excluding carboxylic acids is 1. The summed E-state index contributed by atoms with van der Waals surface area (Å²) in [6.07, 6.45) is 2.14. The number of pyridine rings is 1. The molecule has 0 spiro atoms. The number of halogens is 1. The minimum atomic E-state index is -0.427. The third-order valence-electron chi connectivity index (χ3n) is 3.94. The average molecular weight is 350 g/mol. The number of carbonyl (C=O) groups is 1. The second kappa shape index (κ2) is 7.10. The Labute approximate surface area is 147 Å². The van der Waals surface area contributed by atoms with Crippen molar-refractivity contribution in [3.05, 3.63) is 81.5 Å². The van der Waals surface area contributed by atoms with E-state index < -0.39 is 5.56 Å². The normalized spacial score (nSPS) is 11.4. The number of nitrogens with one attached hydrogen (secondary N) is 3. The van der Waals surface area contributed by atoms with Gasteiger partial charge in [0.15, 0.2) is 0 Å². The third-order valence-corrected chi connectivity index (χ3v) is 3.94. The lowest BCUT2D eigenvalue weighted by molar-refractivity contribution is 0.112. The predicted molar refractivity (Wildman–Crippen MR) is 97.8 cm³/mol. The van der Waals surface area contributed by atoms with E-state index in [1.165, 1.54) is 18.3 Å². The molecule has 0 unspecified atom stereocenters. The number of hydrogen-bond donors (Lipinski definition) is 3. The van der Waals surface area contributed by atoms with E-state index in [-0.39, 0.29) is 17.1 Å². The highest BCUT2D eigenvalue weighted by molar-refractivity contribution is 5.83. The van der Waals surface area contributed by atoms with E-state index >= 15 is 0 Å². The van der Waals surface area contributed by atoms with Gasteiger partial charge < -0.3 is 10.3 Å². The lowest BCUT2D eigenvalue weighted by atomic mass is 10.1. The van der Waals surface area contributed by atoms with Gasteiger partial charge in [0.1, 0.15) is 17.8 Å². The van der Waals surface area contributed by atoms with Gasteiger partial charge in [-0.2, -0.15) is 5.11 Å². The number of hydrogen-bond acceptors (Lipinski definition) is 5. The van der Waals surface area contributed by atoms with Crippen LogP contribution in [0, 0.1) is 18.3 Å². The molecule has 1 aromatic heterocycles. The number of H-pyrrole nitrogens is 1. The van der Waals surface area contributed by atoms with Crippen molar-refractivity contribution in [1.29, 1.82) is 5.53 Å². The molecule has 0 aliphatic rings. The standard InChI is InChI=1S/C19H15FN4O2/c1-11-6-17-13(8-16(11)20)7-15(19(26)23-17)18(24-21)9-22-14-4-2-12(10-25)3-5-14/h2-10,21-22H,1H3,(H,23,26)/b18-9-,24-21?. The van der Waals surface area contributed by atoms with Crippen molar-refractivity contribution in [1.82, 2.24) is 4.98 Å². The van der Waals surface area contributed by atoms with E-state index in [4.69, 9.17) is 5.53 Å². The van der Waals surface area contributed by atoms with Gasteiger partial charge in [-0.3, -0.25) is 9.59 Å². The second-order valence-corrected chi connectivity index (χ2v) is 5.73. The molecule has 0 bridgehead atoms. The van der Waals surface area contributed by atoms with Crippen LogP contribution in [0.4, 0.5) is 10.1 Å². The average Bonchev–Trinajstić information content (AvgIpc) is 2.64. The molecule has 0 amide bonds. The maximum Gasteiger partial charge on any atom is 0.258 e. The zero-order valence-electron chi connectivity index (χ0n) is 13.8. The molecule has 3 aromatic rings. The fourth-order valence-electron chi connectivity index (χ4n) is 2.51. The molecule has 3 rings (SSSR count). The van der Waals surface area contributed by atoms with Crippen molar-refractivity contribution in [2.75, 3.05) is 5.32 Å². The molecule has 0 radical (unpaired) electrons. The van der Waals surface area contributed by atoms with Gasteiger partial charge in [0.25, 0.3) is 5.56 Å². The van der Waals surface area contributed by atoms with E-state index in [0.29, 0.717) is 27.7 Å². The van der Waals surface area contributed by atoms with Crippen LogP contribution in [0.3, 0.4) is 0 Å². The van der Waals surface area contributed by atoms with Gasteiger partial charge in [0.05, 0.1) is 5.56 Å². The van der Waals surface area contributed by atoms with Crippen LogP contribution in [-0.4, -0.2) is 11.3 Å². The highest BCUT2D eigenvalue weighted by Gasteiger charge is 2.10. The molecule has 0 saturated heterocycles. The first-order valence-corrected chi connectivity index (χ1v) is 7.75. The third kappa shape index (κ3) is 3.41. The Balaban J connectivity index is 1.99. The number of anilines is 1. The summed E-state index contributed by atoms with van der Waals surface area (Å²) in [5.41, 5.74) is 9.31. The summed E-state index contributed by atoms with van der Waals surface area (Å²) in [4.78, 5) is 25.7. The molecule has 6 nitrogen and oxygen atoms in total. The largest absolute Gasteiger partial charge is 0.360 e. The fraction of sp³-hybridized carbons (Fsp3) is 0.0526. The van der Waals surface area contributed by atoms with Gasteiger partial charge in [0, 0.05) is 28.4 Å². The SMILES string of the molecule is Cc1cc2[nH]c(=O)c(/C(=C/Nc3ccc(C=O)cc3)N=N)cc2cc1F. The summed E-state index contributed by atoms with van der Waals surface area (Å²) in [6, 6.07) is 11.0. The molecule has 0 saturated carbocycles. The lowest BCUT2D eigenvalue weighted by Crippen LogP contribution is -2.12. The molecule has 2 aromatic carbocycles. The van der Waals surface area contributed by atoms with Gasteiger partial charge in [-0.15, -0.1) is 0 Å². The van der Waals surface area contributed by atoms with Crippen LogP contribution >= 0.6 is 0 Å². The summed E-state index contributed by atoms with van der Waals surface area (Å²) >= 11 is 0. The summed E-state index contributed by atoms with van der Waals surface area (Å²) in [5.74, 6) is -0.378. The second-order valence-electron chi connectivity index (χ2n) is 5.73. The molecule has 130 valence electrons. The smallest absolute Gasteiger partial charge is 0.258 e. The van der Waals surface area contributed by atoms with E-state index in [0.717, 1.165) is 6.29 Å². The molecule has 0 aliphatic heterocycles. The number of aryl methyl sites for hydroxylation is 1. The lowest BCUT2D eigenvalue weighted by Gasteiger charge is -2.06. The Morgan fingerprint density at radius 2 is 1.96 bits per heavy atom. The Kier molecular flexibility index (Phi) is 4.70. The molecule has 3 N–H and O–H groups in total. The molecular weight excluding hydrogens is 335 g/mol. The number of nitrogens with zero attached hydrogens (tertiary/aromatic N) is 1. The quantitative estimate of drug-likeness (QED) is 0.474. The van der Waals surface area contributed by atoms with Crippen molar-refractivity contribution in [2.24, 2.45) is 5.11 Å². The van der Waals surface area contributed by atoms with Crippen LogP contribution in [0.25, 0.3) is 16.6 Å². The summed E-state index contributed by atoms with van der Waals surface area (Å²) in [5, 5.41) is 6.82. The van der Waals surface area contributed by atoms with Crippen LogP contribution in [0.15, 0.2) is 58.6 Å². The van der Waals surface area contributed by atoms with Crippen molar-refractivity contribution >= 4 is 28.6 Å². The minimum Gasteiger partial charge on any atom is -0.360 e. The first-order valence-electron chi connectivity index (χ1n) is 7.75. The van der Waals surface area contributed by atoms with Gasteiger partial charge in [-0.25, -0.2) is 9.92 Å². The van der Waals surface area contributed by atoms with E-state index in [1.807, 2.05) is 0 Å². The number of aldehydes is 1. The first kappa shape index (κ1) is 17.2.